The van der Waals surface area contributed by atoms with Gasteiger partial charge in [0.1, 0.15) is 0 Å². The standard InChI is InChI=1S/C12H24N2O/c1-10-12(9-13,7-8-15-10)14(2)11-5-3-4-6-11/h10-11H,3-9,13H2,1-2H3. The smallest absolute Gasteiger partial charge is 0.0743 e. The maximum Gasteiger partial charge on any atom is 0.0743 e. The van der Waals surface area contributed by atoms with E-state index in [1.165, 1.54) is 25.7 Å². The predicted octanol–water partition coefficient (Wildman–Crippen LogP) is 1.37. The van der Waals surface area contributed by atoms with E-state index >= 15 is 0 Å². The minimum atomic E-state index is 0.106. The van der Waals surface area contributed by atoms with Crippen LogP contribution in [0.15, 0.2) is 0 Å². The highest BCUT2D eigenvalue weighted by atomic mass is 16.5. The lowest BCUT2D eigenvalue weighted by Crippen LogP contribution is -2.59. The van der Waals surface area contributed by atoms with E-state index in [0.717, 1.165) is 25.6 Å². The van der Waals surface area contributed by atoms with E-state index in [1.54, 1.807) is 0 Å². The highest BCUT2D eigenvalue weighted by Gasteiger charge is 2.46. The first-order chi connectivity index (χ1) is 7.20. The van der Waals surface area contributed by atoms with E-state index in [4.69, 9.17) is 10.5 Å². The second kappa shape index (κ2) is 4.40. The van der Waals surface area contributed by atoms with Crippen LogP contribution in [0.3, 0.4) is 0 Å². The molecule has 2 atom stereocenters. The first-order valence-electron chi connectivity index (χ1n) is 6.25. The summed E-state index contributed by atoms with van der Waals surface area (Å²) in [4.78, 5) is 2.53. The summed E-state index contributed by atoms with van der Waals surface area (Å²) in [5.41, 5.74) is 6.11. The molecule has 0 aromatic rings. The molecule has 1 saturated carbocycles. The Morgan fingerprint density at radius 3 is 2.53 bits per heavy atom. The van der Waals surface area contributed by atoms with Gasteiger partial charge in [0.25, 0.3) is 0 Å². The summed E-state index contributed by atoms with van der Waals surface area (Å²) in [5, 5.41) is 0. The fourth-order valence-electron chi connectivity index (χ4n) is 3.30. The Kier molecular flexibility index (Phi) is 3.33. The molecule has 1 aliphatic carbocycles. The number of ether oxygens (including phenoxy) is 1. The Labute approximate surface area is 93.0 Å². The number of nitrogens with zero attached hydrogens (tertiary/aromatic N) is 1. The normalized spacial score (nSPS) is 38.0. The molecule has 2 N–H and O–H groups in total. The molecule has 1 heterocycles. The molecule has 2 aliphatic rings. The molecule has 2 fully saturated rings. The van der Waals surface area contributed by atoms with Gasteiger partial charge in [-0.2, -0.15) is 0 Å². The van der Waals surface area contributed by atoms with E-state index in [0.29, 0.717) is 0 Å². The van der Waals surface area contributed by atoms with Gasteiger partial charge in [-0.3, -0.25) is 4.90 Å². The van der Waals surface area contributed by atoms with Crippen molar-refractivity contribution in [2.45, 2.75) is 56.7 Å². The molecule has 2 unspecified atom stereocenters. The maximum atomic E-state index is 6.01. The monoisotopic (exact) mass is 212 g/mol. The molecule has 88 valence electrons. The molecular formula is C12H24N2O. The van der Waals surface area contributed by atoms with Crippen LogP contribution in [0.4, 0.5) is 0 Å². The summed E-state index contributed by atoms with van der Waals surface area (Å²) in [6.07, 6.45) is 6.82. The van der Waals surface area contributed by atoms with Gasteiger partial charge >= 0.3 is 0 Å². The zero-order valence-corrected chi connectivity index (χ0v) is 10.0. The number of hydrogen-bond donors (Lipinski definition) is 1. The van der Waals surface area contributed by atoms with Crippen LogP contribution in [0.25, 0.3) is 0 Å². The van der Waals surface area contributed by atoms with Crippen LogP contribution in [0, 0.1) is 0 Å². The second-order valence-corrected chi connectivity index (χ2v) is 5.12. The van der Waals surface area contributed by atoms with Crippen molar-refractivity contribution in [1.82, 2.24) is 4.90 Å². The minimum Gasteiger partial charge on any atom is -0.376 e. The third-order valence-electron chi connectivity index (χ3n) is 4.59. The second-order valence-electron chi connectivity index (χ2n) is 5.12. The Bertz CT molecular complexity index is 216. The lowest BCUT2D eigenvalue weighted by molar-refractivity contribution is 0.00749. The fraction of sp³-hybridized carbons (Fsp3) is 1.00. The van der Waals surface area contributed by atoms with Crippen LogP contribution in [0.1, 0.15) is 39.0 Å². The number of nitrogens with two attached hydrogens (primary N) is 1. The average molecular weight is 212 g/mol. The fourth-order valence-corrected chi connectivity index (χ4v) is 3.30. The molecule has 0 aromatic carbocycles. The molecule has 2 rings (SSSR count). The van der Waals surface area contributed by atoms with Crippen molar-refractivity contribution in [3.8, 4) is 0 Å². The van der Waals surface area contributed by atoms with E-state index in [2.05, 4.69) is 18.9 Å². The van der Waals surface area contributed by atoms with Gasteiger partial charge in [0.2, 0.25) is 0 Å². The van der Waals surface area contributed by atoms with Crippen LogP contribution in [-0.2, 0) is 4.74 Å². The van der Waals surface area contributed by atoms with Crippen LogP contribution in [0.5, 0.6) is 0 Å². The molecule has 3 heteroatoms. The number of rotatable bonds is 3. The van der Waals surface area contributed by atoms with Crippen molar-refractivity contribution in [3.63, 3.8) is 0 Å². The van der Waals surface area contributed by atoms with Gasteiger partial charge in [0, 0.05) is 19.2 Å². The zero-order chi connectivity index (χ0) is 10.9. The van der Waals surface area contributed by atoms with Gasteiger partial charge in [-0.1, -0.05) is 12.8 Å². The third kappa shape index (κ3) is 1.81. The molecular weight excluding hydrogens is 188 g/mol. The van der Waals surface area contributed by atoms with Crippen molar-refractivity contribution < 1.29 is 4.74 Å². The summed E-state index contributed by atoms with van der Waals surface area (Å²) >= 11 is 0. The molecule has 0 spiro atoms. The molecule has 0 radical (unpaired) electrons. The van der Waals surface area contributed by atoms with E-state index in [9.17, 15) is 0 Å². The Morgan fingerprint density at radius 1 is 1.40 bits per heavy atom. The highest BCUT2D eigenvalue weighted by Crippen LogP contribution is 2.35. The maximum absolute atomic E-state index is 6.01. The largest absolute Gasteiger partial charge is 0.376 e. The Balaban J connectivity index is 2.10. The van der Waals surface area contributed by atoms with E-state index < -0.39 is 0 Å². The van der Waals surface area contributed by atoms with Crippen LogP contribution in [0.2, 0.25) is 0 Å². The first-order valence-corrected chi connectivity index (χ1v) is 6.25. The van der Waals surface area contributed by atoms with Gasteiger partial charge in [-0.05, 0) is 33.2 Å². The van der Waals surface area contributed by atoms with Gasteiger partial charge < -0.3 is 10.5 Å². The summed E-state index contributed by atoms with van der Waals surface area (Å²) in [6, 6.07) is 0.734. The van der Waals surface area contributed by atoms with Gasteiger partial charge in [-0.25, -0.2) is 0 Å². The number of hydrogen-bond acceptors (Lipinski definition) is 3. The van der Waals surface area contributed by atoms with Crippen molar-refractivity contribution >= 4 is 0 Å². The SMILES string of the molecule is CC1OCCC1(CN)N(C)C1CCCC1. The molecule has 15 heavy (non-hydrogen) atoms. The van der Waals surface area contributed by atoms with Gasteiger partial charge in [-0.15, -0.1) is 0 Å². The predicted molar refractivity (Wildman–Crippen MR) is 61.8 cm³/mol. The molecule has 1 saturated heterocycles. The molecule has 3 nitrogen and oxygen atoms in total. The topological polar surface area (TPSA) is 38.5 Å². The zero-order valence-electron chi connectivity index (χ0n) is 10.0. The summed E-state index contributed by atoms with van der Waals surface area (Å²) in [7, 11) is 2.24. The average Bonchev–Trinajstić information content (AvgIpc) is 2.86. The van der Waals surface area contributed by atoms with Crippen LogP contribution >= 0.6 is 0 Å². The van der Waals surface area contributed by atoms with Crippen LogP contribution in [-0.4, -0.2) is 42.8 Å². The van der Waals surface area contributed by atoms with Gasteiger partial charge in [0.15, 0.2) is 0 Å². The molecule has 0 amide bonds. The Hall–Kier alpha value is -0.120. The Morgan fingerprint density at radius 2 is 2.07 bits per heavy atom. The summed E-state index contributed by atoms with van der Waals surface area (Å²) in [6.45, 7) is 3.77. The summed E-state index contributed by atoms with van der Waals surface area (Å²) < 4.78 is 5.72. The first kappa shape index (κ1) is 11.4. The van der Waals surface area contributed by atoms with Crippen molar-refractivity contribution in [2.75, 3.05) is 20.2 Å². The van der Waals surface area contributed by atoms with Crippen molar-refractivity contribution in [1.29, 1.82) is 0 Å². The molecule has 0 bridgehead atoms. The van der Waals surface area contributed by atoms with E-state index in [-0.39, 0.29) is 11.6 Å². The highest BCUT2D eigenvalue weighted by molar-refractivity contribution is 5.01. The lowest BCUT2D eigenvalue weighted by atomic mass is 9.88. The molecule has 1 aliphatic heterocycles. The number of likely N-dealkylation sites (N-methyl/N-ethyl adjacent to an activating group) is 1. The van der Waals surface area contributed by atoms with Crippen molar-refractivity contribution in [3.05, 3.63) is 0 Å². The van der Waals surface area contributed by atoms with Crippen molar-refractivity contribution in [2.24, 2.45) is 5.73 Å². The van der Waals surface area contributed by atoms with Crippen LogP contribution < -0.4 is 5.73 Å². The van der Waals surface area contributed by atoms with E-state index in [1.807, 2.05) is 0 Å². The summed E-state index contributed by atoms with van der Waals surface area (Å²) in [5.74, 6) is 0. The lowest BCUT2D eigenvalue weighted by Gasteiger charge is -2.43. The third-order valence-corrected chi connectivity index (χ3v) is 4.59. The van der Waals surface area contributed by atoms with Gasteiger partial charge in [0.05, 0.1) is 11.6 Å². The quantitative estimate of drug-likeness (QED) is 0.768. The minimum absolute atomic E-state index is 0.106. The molecule has 0 aromatic heterocycles.